The van der Waals surface area contributed by atoms with Crippen molar-refractivity contribution in [2.45, 2.75) is 6.36 Å². The molecule has 16 heavy (non-hydrogen) atoms. The maximum Gasteiger partial charge on any atom is 0.573 e. The predicted molar refractivity (Wildman–Crippen MR) is 52.5 cm³/mol. The number of rotatable bonds is 2. The van der Waals surface area contributed by atoms with Crippen LogP contribution in [0.4, 0.5) is 13.2 Å². The molecule has 0 N–H and O–H groups in total. The van der Waals surface area contributed by atoms with Crippen molar-refractivity contribution in [1.82, 2.24) is 4.57 Å². The Morgan fingerprint density at radius 2 is 1.50 bits per heavy atom. The Morgan fingerprint density at radius 1 is 0.938 bits per heavy atom. The quantitative estimate of drug-likeness (QED) is 0.767. The van der Waals surface area contributed by atoms with Crippen LogP contribution >= 0.6 is 0 Å². The van der Waals surface area contributed by atoms with Gasteiger partial charge in [-0.2, -0.15) is 0 Å². The Labute approximate surface area is 89.9 Å². The van der Waals surface area contributed by atoms with E-state index >= 15 is 0 Å². The smallest absolute Gasteiger partial charge is 0.406 e. The molecule has 1 heterocycles. The minimum absolute atomic E-state index is 0.219. The van der Waals surface area contributed by atoms with Gasteiger partial charge in [0, 0.05) is 18.1 Å². The Kier molecular flexibility index (Phi) is 2.60. The number of hydrogen-bond acceptors (Lipinski definition) is 1. The molecule has 2 rings (SSSR count). The van der Waals surface area contributed by atoms with E-state index in [1.54, 1.807) is 29.1 Å². The van der Waals surface area contributed by atoms with Gasteiger partial charge in [-0.25, -0.2) is 0 Å². The largest absolute Gasteiger partial charge is 0.573 e. The van der Waals surface area contributed by atoms with Crippen LogP contribution in [-0.4, -0.2) is 10.9 Å². The van der Waals surface area contributed by atoms with E-state index in [0.717, 1.165) is 5.69 Å². The number of halogens is 3. The third kappa shape index (κ3) is 2.56. The summed E-state index contributed by atoms with van der Waals surface area (Å²) in [5, 5.41) is 0. The third-order valence-corrected chi connectivity index (χ3v) is 1.97. The molecule has 2 nitrogen and oxygen atoms in total. The Morgan fingerprint density at radius 3 is 2.00 bits per heavy atom. The van der Waals surface area contributed by atoms with E-state index in [4.69, 9.17) is 0 Å². The molecule has 0 aliphatic rings. The Balaban J connectivity index is 2.17. The number of ether oxygens (including phenoxy) is 1. The van der Waals surface area contributed by atoms with Gasteiger partial charge in [0.05, 0.1) is 0 Å². The van der Waals surface area contributed by atoms with Crippen LogP contribution in [0.5, 0.6) is 5.75 Å². The molecular formula is C11H8F3NO. The fourth-order valence-corrected chi connectivity index (χ4v) is 1.33. The normalized spacial score (nSPS) is 11.4. The molecule has 2 aromatic rings. The summed E-state index contributed by atoms with van der Waals surface area (Å²) in [4.78, 5) is 0. The lowest BCUT2D eigenvalue weighted by atomic mass is 10.3. The molecule has 0 amide bonds. The van der Waals surface area contributed by atoms with Gasteiger partial charge in [-0.05, 0) is 36.4 Å². The lowest BCUT2D eigenvalue weighted by molar-refractivity contribution is -0.274. The first-order valence-corrected chi connectivity index (χ1v) is 4.54. The zero-order valence-corrected chi connectivity index (χ0v) is 8.11. The topological polar surface area (TPSA) is 14.2 Å². The van der Waals surface area contributed by atoms with E-state index in [0.29, 0.717) is 0 Å². The van der Waals surface area contributed by atoms with E-state index in [1.165, 1.54) is 12.1 Å². The van der Waals surface area contributed by atoms with Crippen LogP contribution < -0.4 is 4.74 Å². The molecule has 1 aromatic carbocycles. The Hall–Kier alpha value is -1.91. The van der Waals surface area contributed by atoms with Gasteiger partial charge in [0.2, 0.25) is 0 Å². The second-order valence-corrected chi connectivity index (χ2v) is 3.13. The molecule has 0 aliphatic carbocycles. The molecule has 5 heteroatoms. The summed E-state index contributed by atoms with van der Waals surface area (Å²) in [6.45, 7) is 0. The summed E-state index contributed by atoms with van der Waals surface area (Å²) in [6, 6.07) is 9.34. The predicted octanol–water partition coefficient (Wildman–Crippen LogP) is 3.38. The molecule has 0 unspecified atom stereocenters. The molecule has 0 radical (unpaired) electrons. The van der Waals surface area contributed by atoms with Gasteiger partial charge in [-0.15, -0.1) is 13.2 Å². The zero-order chi connectivity index (χ0) is 11.6. The first-order chi connectivity index (χ1) is 7.54. The highest BCUT2D eigenvalue weighted by atomic mass is 19.4. The van der Waals surface area contributed by atoms with E-state index in [2.05, 4.69) is 4.74 Å². The monoisotopic (exact) mass is 227 g/mol. The number of benzene rings is 1. The van der Waals surface area contributed by atoms with Crippen molar-refractivity contribution < 1.29 is 17.9 Å². The highest BCUT2D eigenvalue weighted by molar-refractivity contribution is 5.37. The van der Waals surface area contributed by atoms with Crippen LogP contribution in [0, 0.1) is 0 Å². The van der Waals surface area contributed by atoms with Crippen molar-refractivity contribution in [3.05, 3.63) is 48.8 Å². The number of hydrogen-bond donors (Lipinski definition) is 0. The highest BCUT2D eigenvalue weighted by Gasteiger charge is 2.30. The average molecular weight is 227 g/mol. The van der Waals surface area contributed by atoms with Crippen molar-refractivity contribution in [2.24, 2.45) is 0 Å². The lowest BCUT2D eigenvalue weighted by Gasteiger charge is -2.09. The molecule has 0 bridgehead atoms. The zero-order valence-electron chi connectivity index (χ0n) is 8.11. The summed E-state index contributed by atoms with van der Waals surface area (Å²) in [7, 11) is 0. The molecule has 0 saturated heterocycles. The van der Waals surface area contributed by atoms with Crippen LogP contribution in [-0.2, 0) is 0 Å². The van der Waals surface area contributed by atoms with Gasteiger partial charge in [-0.1, -0.05) is 0 Å². The fraction of sp³-hybridized carbons (Fsp3) is 0.0909. The summed E-state index contributed by atoms with van der Waals surface area (Å²) >= 11 is 0. The van der Waals surface area contributed by atoms with Crippen molar-refractivity contribution >= 4 is 0 Å². The SMILES string of the molecule is FC(F)(F)Oc1ccc(-n2cccc2)cc1. The van der Waals surface area contributed by atoms with Crippen molar-refractivity contribution in [1.29, 1.82) is 0 Å². The van der Waals surface area contributed by atoms with E-state index in [9.17, 15) is 13.2 Å². The van der Waals surface area contributed by atoms with Crippen LogP contribution in [0.3, 0.4) is 0 Å². The van der Waals surface area contributed by atoms with Gasteiger partial charge in [-0.3, -0.25) is 0 Å². The van der Waals surface area contributed by atoms with Crippen molar-refractivity contribution in [2.75, 3.05) is 0 Å². The highest BCUT2D eigenvalue weighted by Crippen LogP contribution is 2.23. The van der Waals surface area contributed by atoms with Crippen LogP contribution in [0.15, 0.2) is 48.8 Å². The van der Waals surface area contributed by atoms with Gasteiger partial charge >= 0.3 is 6.36 Å². The standard InChI is InChI=1S/C11H8F3NO/c12-11(13,14)16-10-5-3-9(4-6-10)15-7-1-2-8-15/h1-8H. The Bertz CT molecular complexity index is 445. The summed E-state index contributed by atoms with van der Waals surface area (Å²) in [5.41, 5.74) is 0.777. The summed E-state index contributed by atoms with van der Waals surface area (Å²) < 4.78 is 41.2. The van der Waals surface area contributed by atoms with E-state index in [1.807, 2.05) is 12.1 Å². The summed E-state index contributed by atoms with van der Waals surface area (Å²) in [5.74, 6) is -0.219. The number of nitrogens with zero attached hydrogens (tertiary/aromatic N) is 1. The minimum atomic E-state index is -4.64. The van der Waals surface area contributed by atoms with Crippen LogP contribution in [0.1, 0.15) is 0 Å². The molecule has 0 fully saturated rings. The van der Waals surface area contributed by atoms with Gasteiger partial charge in [0.25, 0.3) is 0 Å². The first kappa shape index (κ1) is 10.6. The van der Waals surface area contributed by atoms with Gasteiger partial charge < -0.3 is 9.30 Å². The van der Waals surface area contributed by atoms with Crippen molar-refractivity contribution in [3.8, 4) is 11.4 Å². The summed E-state index contributed by atoms with van der Waals surface area (Å²) in [6.07, 6.45) is -1.03. The third-order valence-electron chi connectivity index (χ3n) is 1.97. The van der Waals surface area contributed by atoms with Gasteiger partial charge in [0.1, 0.15) is 5.75 Å². The second-order valence-electron chi connectivity index (χ2n) is 3.13. The molecule has 0 atom stereocenters. The lowest BCUT2D eigenvalue weighted by Crippen LogP contribution is -2.17. The molecule has 1 aromatic heterocycles. The van der Waals surface area contributed by atoms with Gasteiger partial charge in [0.15, 0.2) is 0 Å². The molecule has 0 spiro atoms. The number of aromatic nitrogens is 1. The number of alkyl halides is 3. The fourth-order valence-electron chi connectivity index (χ4n) is 1.33. The molecular weight excluding hydrogens is 219 g/mol. The van der Waals surface area contributed by atoms with Crippen LogP contribution in [0.2, 0.25) is 0 Å². The second kappa shape index (κ2) is 3.92. The average Bonchev–Trinajstić information content (AvgIpc) is 2.69. The van der Waals surface area contributed by atoms with Crippen molar-refractivity contribution in [3.63, 3.8) is 0 Å². The maximum absolute atomic E-state index is 11.9. The molecule has 0 saturated carbocycles. The first-order valence-electron chi connectivity index (χ1n) is 4.54. The molecule has 84 valence electrons. The van der Waals surface area contributed by atoms with Crippen LogP contribution in [0.25, 0.3) is 5.69 Å². The minimum Gasteiger partial charge on any atom is -0.406 e. The van der Waals surface area contributed by atoms with E-state index < -0.39 is 6.36 Å². The van der Waals surface area contributed by atoms with E-state index in [-0.39, 0.29) is 5.75 Å². The molecule has 0 aliphatic heterocycles. The maximum atomic E-state index is 11.9.